The SMILES string of the molecule is CCc1cnc(C(C)NCc2cncc(F)c2)s1. The van der Waals surface area contributed by atoms with Crippen LogP contribution in [0.25, 0.3) is 0 Å². The molecular weight excluding hydrogens is 249 g/mol. The highest BCUT2D eigenvalue weighted by molar-refractivity contribution is 7.11. The number of pyridine rings is 1. The molecule has 1 N–H and O–H groups in total. The van der Waals surface area contributed by atoms with Gasteiger partial charge >= 0.3 is 0 Å². The Kier molecular flexibility index (Phi) is 4.38. The van der Waals surface area contributed by atoms with E-state index in [-0.39, 0.29) is 11.9 Å². The van der Waals surface area contributed by atoms with Crippen LogP contribution in [0.15, 0.2) is 24.7 Å². The molecule has 2 aromatic rings. The molecule has 0 aliphatic heterocycles. The van der Waals surface area contributed by atoms with Gasteiger partial charge in [-0.25, -0.2) is 9.37 Å². The van der Waals surface area contributed by atoms with E-state index in [1.54, 1.807) is 17.5 Å². The smallest absolute Gasteiger partial charge is 0.141 e. The lowest BCUT2D eigenvalue weighted by molar-refractivity contribution is 0.564. The van der Waals surface area contributed by atoms with Crippen LogP contribution in [0.1, 0.15) is 35.3 Å². The number of hydrogen-bond donors (Lipinski definition) is 1. The summed E-state index contributed by atoms with van der Waals surface area (Å²) in [6.07, 6.45) is 5.81. The second-order valence-electron chi connectivity index (χ2n) is 4.13. The third kappa shape index (κ3) is 3.34. The van der Waals surface area contributed by atoms with Gasteiger partial charge in [-0.3, -0.25) is 4.98 Å². The van der Waals surface area contributed by atoms with Crippen LogP contribution in [0, 0.1) is 5.82 Å². The van der Waals surface area contributed by atoms with Crippen molar-refractivity contribution in [2.24, 2.45) is 0 Å². The monoisotopic (exact) mass is 265 g/mol. The van der Waals surface area contributed by atoms with Gasteiger partial charge in [-0.05, 0) is 25.0 Å². The van der Waals surface area contributed by atoms with Crippen LogP contribution in [0.3, 0.4) is 0 Å². The van der Waals surface area contributed by atoms with Crippen molar-refractivity contribution >= 4 is 11.3 Å². The molecule has 18 heavy (non-hydrogen) atoms. The highest BCUT2D eigenvalue weighted by Crippen LogP contribution is 2.20. The van der Waals surface area contributed by atoms with Gasteiger partial charge in [0.2, 0.25) is 0 Å². The summed E-state index contributed by atoms with van der Waals surface area (Å²) in [5, 5.41) is 4.39. The average Bonchev–Trinajstić information content (AvgIpc) is 2.85. The van der Waals surface area contributed by atoms with Crippen LogP contribution in [0.4, 0.5) is 4.39 Å². The zero-order valence-corrected chi connectivity index (χ0v) is 11.3. The second-order valence-corrected chi connectivity index (χ2v) is 5.28. The van der Waals surface area contributed by atoms with Gasteiger partial charge in [0.1, 0.15) is 10.8 Å². The van der Waals surface area contributed by atoms with Gasteiger partial charge in [0.25, 0.3) is 0 Å². The number of aromatic nitrogens is 2. The van der Waals surface area contributed by atoms with E-state index < -0.39 is 0 Å². The van der Waals surface area contributed by atoms with Gasteiger partial charge in [0.05, 0.1) is 12.2 Å². The predicted octanol–water partition coefficient (Wildman–Crippen LogP) is 3.09. The molecule has 0 saturated carbocycles. The van der Waals surface area contributed by atoms with E-state index in [9.17, 15) is 4.39 Å². The Labute approximate surface area is 110 Å². The average molecular weight is 265 g/mol. The van der Waals surface area contributed by atoms with E-state index in [2.05, 4.69) is 29.1 Å². The highest BCUT2D eigenvalue weighted by Gasteiger charge is 2.09. The first-order chi connectivity index (χ1) is 8.69. The minimum atomic E-state index is -0.301. The van der Waals surface area contributed by atoms with Crippen molar-refractivity contribution < 1.29 is 4.39 Å². The van der Waals surface area contributed by atoms with E-state index in [4.69, 9.17) is 0 Å². The number of rotatable bonds is 5. The summed E-state index contributed by atoms with van der Waals surface area (Å²) in [5.41, 5.74) is 0.842. The fourth-order valence-corrected chi connectivity index (χ4v) is 2.48. The molecule has 96 valence electrons. The first kappa shape index (κ1) is 13.1. The van der Waals surface area contributed by atoms with Crippen molar-refractivity contribution in [3.63, 3.8) is 0 Å². The summed E-state index contributed by atoms with van der Waals surface area (Å²) in [6, 6.07) is 1.66. The predicted molar refractivity (Wildman–Crippen MR) is 70.9 cm³/mol. The van der Waals surface area contributed by atoms with E-state index in [0.717, 1.165) is 17.0 Å². The van der Waals surface area contributed by atoms with Crippen LogP contribution < -0.4 is 5.32 Å². The third-order valence-electron chi connectivity index (χ3n) is 2.66. The summed E-state index contributed by atoms with van der Waals surface area (Å²) in [4.78, 5) is 9.49. The summed E-state index contributed by atoms with van der Waals surface area (Å²) < 4.78 is 13.0. The van der Waals surface area contributed by atoms with Crippen molar-refractivity contribution in [1.29, 1.82) is 0 Å². The molecule has 0 aliphatic carbocycles. The Balaban J connectivity index is 1.93. The zero-order valence-electron chi connectivity index (χ0n) is 10.5. The zero-order chi connectivity index (χ0) is 13.0. The molecule has 2 heterocycles. The van der Waals surface area contributed by atoms with Crippen LogP contribution in [0.5, 0.6) is 0 Å². The number of nitrogens with zero attached hydrogens (tertiary/aromatic N) is 2. The Bertz CT molecular complexity index is 512. The van der Waals surface area contributed by atoms with Gasteiger partial charge in [-0.2, -0.15) is 0 Å². The quantitative estimate of drug-likeness (QED) is 0.902. The van der Waals surface area contributed by atoms with Gasteiger partial charge in [0, 0.05) is 23.8 Å². The topological polar surface area (TPSA) is 37.8 Å². The fourth-order valence-electron chi connectivity index (χ4n) is 1.60. The molecule has 0 fully saturated rings. The van der Waals surface area contributed by atoms with Crippen molar-refractivity contribution in [1.82, 2.24) is 15.3 Å². The van der Waals surface area contributed by atoms with Crippen molar-refractivity contribution in [3.8, 4) is 0 Å². The normalized spacial score (nSPS) is 12.6. The van der Waals surface area contributed by atoms with Crippen molar-refractivity contribution in [2.45, 2.75) is 32.9 Å². The van der Waals surface area contributed by atoms with Crippen molar-refractivity contribution in [3.05, 3.63) is 45.9 Å². The molecule has 5 heteroatoms. The van der Waals surface area contributed by atoms with E-state index >= 15 is 0 Å². The van der Waals surface area contributed by atoms with E-state index in [0.29, 0.717) is 6.54 Å². The lowest BCUT2D eigenvalue weighted by atomic mass is 10.2. The summed E-state index contributed by atoms with van der Waals surface area (Å²) in [7, 11) is 0. The Hall–Kier alpha value is -1.33. The molecule has 0 amide bonds. The standard InChI is InChI=1S/C13H16FN3S/c1-3-12-8-17-13(18-12)9(2)16-6-10-4-11(14)7-15-5-10/h4-5,7-9,16H,3,6H2,1-2H3. The van der Waals surface area contributed by atoms with Gasteiger partial charge in [-0.15, -0.1) is 11.3 Å². The Morgan fingerprint density at radius 1 is 1.39 bits per heavy atom. The van der Waals surface area contributed by atoms with Crippen LogP contribution >= 0.6 is 11.3 Å². The lowest BCUT2D eigenvalue weighted by Crippen LogP contribution is -2.18. The molecule has 3 nitrogen and oxygen atoms in total. The third-order valence-corrected chi connectivity index (χ3v) is 3.99. The van der Waals surface area contributed by atoms with Crippen molar-refractivity contribution in [2.75, 3.05) is 0 Å². The van der Waals surface area contributed by atoms with Gasteiger partial charge in [-0.1, -0.05) is 6.92 Å². The maximum absolute atomic E-state index is 13.0. The molecule has 1 atom stereocenters. The number of thiazole rings is 1. The summed E-state index contributed by atoms with van der Waals surface area (Å²) >= 11 is 1.72. The Morgan fingerprint density at radius 3 is 2.89 bits per heavy atom. The largest absolute Gasteiger partial charge is 0.304 e. The van der Waals surface area contributed by atoms with Gasteiger partial charge in [0.15, 0.2) is 0 Å². The molecular formula is C13H16FN3S. The summed E-state index contributed by atoms with van der Waals surface area (Å²) in [5.74, 6) is -0.301. The van der Waals surface area contributed by atoms with Gasteiger partial charge < -0.3 is 5.32 Å². The highest BCUT2D eigenvalue weighted by atomic mass is 32.1. The number of aryl methyl sites for hydroxylation is 1. The maximum atomic E-state index is 13.0. The fraction of sp³-hybridized carbons (Fsp3) is 0.385. The summed E-state index contributed by atoms with van der Waals surface area (Å²) in [6.45, 7) is 4.77. The first-order valence-corrected chi connectivity index (χ1v) is 6.78. The maximum Gasteiger partial charge on any atom is 0.141 e. The van der Waals surface area contributed by atoms with E-state index in [1.807, 2.05) is 6.20 Å². The molecule has 0 aromatic carbocycles. The molecule has 0 bridgehead atoms. The van der Waals surface area contributed by atoms with Crippen LogP contribution in [0.2, 0.25) is 0 Å². The van der Waals surface area contributed by atoms with Crippen LogP contribution in [-0.2, 0) is 13.0 Å². The molecule has 0 radical (unpaired) electrons. The number of nitrogens with one attached hydrogen (secondary N) is 1. The minimum Gasteiger partial charge on any atom is -0.304 e. The minimum absolute atomic E-state index is 0.165. The van der Waals surface area contributed by atoms with Crippen LogP contribution in [-0.4, -0.2) is 9.97 Å². The number of hydrogen-bond acceptors (Lipinski definition) is 4. The molecule has 0 aliphatic rings. The lowest BCUT2D eigenvalue weighted by Gasteiger charge is -2.10. The molecule has 0 spiro atoms. The molecule has 2 rings (SSSR count). The molecule has 0 saturated heterocycles. The second kappa shape index (κ2) is 6.02. The molecule has 1 unspecified atom stereocenters. The number of halogens is 1. The first-order valence-electron chi connectivity index (χ1n) is 5.96. The van der Waals surface area contributed by atoms with E-state index in [1.165, 1.54) is 17.1 Å². The Morgan fingerprint density at radius 2 is 2.22 bits per heavy atom. The molecule has 2 aromatic heterocycles.